The first kappa shape index (κ1) is 17.2. The number of thiazole rings is 1. The Labute approximate surface area is 137 Å². The summed E-state index contributed by atoms with van der Waals surface area (Å²) in [6.45, 7) is 4.23. The van der Waals surface area contributed by atoms with Crippen molar-refractivity contribution >= 4 is 34.4 Å². The molecule has 0 radical (unpaired) electrons. The molecule has 23 heavy (non-hydrogen) atoms. The van der Waals surface area contributed by atoms with Gasteiger partial charge in [-0.2, -0.15) is 0 Å². The molecule has 1 aliphatic rings. The second kappa shape index (κ2) is 6.95. The molecule has 1 aromatic rings. The molecule has 1 saturated heterocycles. The zero-order valence-electron chi connectivity index (χ0n) is 13.0. The minimum Gasteiger partial charge on any atom is -0.481 e. The van der Waals surface area contributed by atoms with Crippen LogP contribution >= 0.6 is 11.3 Å². The molecule has 1 aromatic heterocycles. The van der Waals surface area contributed by atoms with Crippen LogP contribution in [-0.2, 0) is 20.7 Å². The molecule has 0 bridgehead atoms. The van der Waals surface area contributed by atoms with Crippen molar-refractivity contribution in [2.24, 2.45) is 5.41 Å². The van der Waals surface area contributed by atoms with Crippen LogP contribution in [0.2, 0.25) is 0 Å². The van der Waals surface area contributed by atoms with Gasteiger partial charge >= 0.3 is 18.0 Å². The van der Waals surface area contributed by atoms with Gasteiger partial charge in [0.05, 0.1) is 18.4 Å². The number of carboxylic acid groups (broad SMARTS) is 1. The van der Waals surface area contributed by atoms with Gasteiger partial charge in [0, 0.05) is 24.2 Å². The number of nitrogens with zero attached hydrogens (tertiary/aromatic N) is 2. The minimum atomic E-state index is -0.907. The van der Waals surface area contributed by atoms with Crippen molar-refractivity contribution < 1.29 is 24.2 Å². The number of rotatable bonds is 5. The zero-order valence-corrected chi connectivity index (χ0v) is 13.8. The lowest BCUT2D eigenvalue weighted by molar-refractivity contribution is -0.147. The number of likely N-dealkylation sites (tertiary alicyclic amines) is 1. The first-order valence-corrected chi connectivity index (χ1v) is 8.05. The van der Waals surface area contributed by atoms with Crippen LogP contribution in [0.5, 0.6) is 0 Å². The Bertz CT molecular complexity index is 617. The lowest BCUT2D eigenvalue weighted by Gasteiger charge is -2.19. The predicted molar refractivity (Wildman–Crippen MR) is 83.4 cm³/mol. The maximum absolute atomic E-state index is 12.2. The topological polar surface area (TPSA) is 109 Å². The second-order valence-corrected chi connectivity index (χ2v) is 6.70. The van der Waals surface area contributed by atoms with Crippen LogP contribution in [0.25, 0.3) is 0 Å². The number of anilines is 1. The Morgan fingerprint density at radius 3 is 2.87 bits per heavy atom. The summed E-state index contributed by atoms with van der Waals surface area (Å²) in [7, 11) is 0. The van der Waals surface area contributed by atoms with Crippen molar-refractivity contribution in [1.82, 2.24) is 9.88 Å². The summed E-state index contributed by atoms with van der Waals surface area (Å²) >= 11 is 1.19. The van der Waals surface area contributed by atoms with E-state index in [1.807, 2.05) is 0 Å². The maximum atomic E-state index is 12.2. The van der Waals surface area contributed by atoms with Crippen molar-refractivity contribution in [2.75, 3.05) is 25.0 Å². The summed E-state index contributed by atoms with van der Waals surface area (Å²) < 4.78 is 4.85. The number of carboxylic acids is 1. The average molecular weight is 341 g/mol. The fourth-order valence-electron chi connectivity index (χ4n) is 2.28. The lowest BCUT2D eigenvalue weighted by Crippen LogP contribution is -2.37. The number of amides is 2. The van der Waals surface area contributed by atoms with E-state index in [1.54, 1.807) is 13.8 Å². The smallest absolute Gasteiger partial charge is 0.323 e. The molecule has 0 aromatic carbocycles. The van der Waals surface area contributed by atoms with E-state index in [9.17, 15) is 19.5 Å². The van der Waals surface area contributed by atoms with Gasteiger partial charge in [-0.3, -0.25) is 14.9 Å². The van der Waals surface area contributed by atoms with Crippen LogP contribution in [0.1, 0.15) is 25.1 Å². The average Bonchev–Trinajstić information content (AvgIpc) is 3.07. The quantitative estimate of drug-likeness (QED) is 0.787. The first-order valence-electron chi connectivity index (χ1n) is 7.23. The van der Waals surface area contributed by atoms with Crippen LogP contribution in [0.4, 0.5) is 9.93 Å². The van der Waals surface area contributed by atoms with Gasteiger partial charge in [0.25, 0.3) is 0 Å². The molecule has 9 heteroatoms. The van der Waals surface area contributed by atoms with Crippen molar-refractivity contribution in [3.63, 3.8) is 0 Å². The minimum absolute atomic E-state index is 0.113. The van der Waals surface area contributed by atoms with E-state index in [4.69, 9.17) is 4.74 Å². The van der Waals surface area contributed by atoms with Gasteiger partial charge in [0.1, 0.15) is 0 Å². The summed E-state index contributed by atoms with van der Waals surface area (Å²) in [5, 5.41) is 12.2. The van der Waals surface area contributed by atoms with Crippen LogP contribution in [-0.4, -0.2) is 52.7 Å². The molecule has 0 spiro atoms. The maximum Gasteiger partial charge on any atom is 0.323 e. The fraction of sp³-hybridized carbons (Fsp3) is 0.571. The number of hydrogen-bond donors (Lipinski definition) is 2. The Hall–Kier alpha value is -2.16. The molecule has 0 aliphatic carbocycles. The molecule has 2 N–H and O–H groups in total. The summed E-state index contributed by atoms with van der Waals surface area (Å²) in [6.07, 6.45) is 2.05. The highest BCUT2D eigenvalue weighted by molar-refractivity contribution is 7.15. The number of urea groups is 1. The van der Waals surface area contributed by atoms with Gasteiger partial charge in [-0.15, -0.1) is 11.3 Å². The van der Waals surface area contributed by atoms with Crippen LogP contribution in [0, 0.1) is 5.41 Å². The summed E-state index contributed by atoms with van der Waals surface area (Å²) in [4.78, 5) is 40.9. The molecule has 8 nitrogen and oxygen atoms in total. The van der Waals surface area contributed by atoms with E-state index in [0.717, 1.165) is 0 Å². The van der Waals surface area contributed by atoms with E-state index in [-0.39, 0.29) is 25.0 Å². The Morgan fingerprint density at radius 1 is 1.52 bits per heavy atom. The summed E-state index contributed by atoms with van der Waals surface area (Å²) in [6, 6.07) is -0.382. The van der Waals surface area contributed by atoms with Crippen LogP contribution in [0.15, 0.2) is 6.20 Å². The third kappa shape index (κ3) is 4.19. The van der Waals surface area contributed by atoms with Gasteiger partial charge in [-0.1, -0.05) is 0 Å². The third-order valence-electron chi connectivity index (χ3n) is 3.67. The van der Waals surface area contributed by atoms with E-state index in [2.05, 4.69) is 10.3 Å². The Balaban J connectivity index is 1.90. The van der Waals surface area contributed by atoms with Gasteiger partial charge < -0.3 is 14.7 Å². The lowest BCUT2D eigenvalue weighted by atomic mass is 9.90. The van der Waals surface area contributed by atoms with Gasteiger partial charge in [-0.05, 0) is 20.3 Å². The molecule has 1 fully saturated rings. The number of aromatic nitrogens is 1. The number of esters is 1. The molecule has 2 amide bonds. The standard InChI is InChI=1S/C14H19N3O5S/c1-3-22-10(18)6-9-7-15-12(23-9)16-13(21)17-5-4-14(2,8-17)11(19)20/h7H,3-6,8H2,1-2H3,(H,19,20)(H,15,16,21). The highest BCUT2D eigenvalue weighted by Gasteiger charge is 2.42. The number of nitrogens with one attached hydrogen (secondary N) is 1. The molecule has 2 heterocycles. The van der Waals surface area contributed by atoms with Gasteiger partial charge in [0.15, 0.2) is 5.13 Å². The number of carbonyl (C=O) groups is 3. The van der Waals surface area contributed by atoms with Crippen LogP contribution < -0.4 is 5.32 Å². The van der Waals surface area contributed by atoms with Crippen molar-refractivity contribution in [3.8, 4) is 0 Å². The van der Waals surface area contributed by atoms with Crippen molar-refractivity contribution in [2.45, 2.75) is 26.7 Å². The number of aliphatic carboxylic acids is 1. The van der Waals surface area contributed by atoms with Crippen molar-refractivity contribution in [3.05, 3.63) is 11.1 Å². The summed E-state index contributed by atoms with van der Waals surface area (Å²) in [5.74, 6) is -1.25. The highest BCUT2D eigenvalue weighted by Crippen LogP contribution is 2.30. The normalized spacial score (nSPS) is 20.3. The van der Waals surface area contributed by atoms with E-state index in [1.165, 1.54) is 22.4 Å². The largest absolute Gasteiger partial charge is 0.481 e. The molecule has 1 atom stereocenters. The van der Waals surface area contributed by atoms with Crippen LogP contribution in [0.3, 0.4) is 0 Å². The van der Waals surface area contributed by atoms with E-state index >= 15 is 0 Å². The number of ether oxygens (including phenoxy) is 1. The molecule has 1 aliphatic heterocycles. The third-order valence-corrected chi connectivity index (χ3v) is 4.58. The molecule has 2 rings (SSSR count). The van der Waals surface area contributed by atoms with Gasteiger partial charge in [-0.25, -0.2) is 9.78 Å². The second-order valence-electron chi connectivity index (χ2n) is 5.58. The van der Waals surface area contributed by atoms with E-state index < -0.39 is 11.4 Å². The number of carbonyl (C=O) groups excluding carboxylic acids is 2. The first-order chi connectivity index (χ1) is 10.8. The molecule has 1 unspecified atom stereocenters. The highest BCUT2D eigenvalue weighted by atomic mass is 32.1. The zero-order chi connectivity index (χ0) is 17.0. The van der Waals surface area contributed by atoms with E-state index in [0.29, 0.717) is 29.6 Å². The molecule has 0 saturated carbocycles. The predicted octanol–water partition coefficient (Wildman–Crippen LogP) is 1.58. The monoisotopic (exact) mass is 341 g/mol. The Morgan fingerprint density at radius 2 is 2.26 bits per heavy atom. The molecule has 126 valence electrons. The summed E-state index contributed by atoms with van der Waals surface area (Å²) in [5.41, 5.74) is -0.907. The fourth-order valence-corrected chi connectivity index (χ4v) is 3.07. The SMILES string of the molecule is CCOC(=O)Cc1cnc(NC(=O)N2CCC(C)(C(=O)O)C2)s1. The Kier molecular flexibility index (Phi) is 5.19. The molecular weight excluding hydrogens is 322 g/mol. The van der Waals surface area contributed by atoms with Gasteiger partial charge in [0.2, 0.25) is 0 Å². The molecular formula is C14H19N3O5S. The number of hydrogen-bond acceptors (Lipinski definition) is 6. The van der Waals surface area contributed by atoms with Crippen molar-refractivity contribution in [1.29, 1.82) is 0 Å².